The summed E-state index contributed by atoms with van der Waals surface area (Å²) in [5.74, 6) is -0.945. The Morgan fingerprint density at radius 1 is 0.792 bits per heavy atom. The van der Waals surface area contributed by atoms with Crippen molar-refractivity contribution < 1.29 is 23.1 Å². The van der Waals surface area contributed by atoms with E-state index < -0.39 is 15.3 Å². The maximum absolute atomic E-state index is 6.02. The Balaban J connectivity index is 4.27. The molecule has 0 amide bonds. The second-order valence-corrected chi connectivity index (χ2v) is 7.64. The van der Waals surface area contributed by atoms with Gasteiger partial charge in [0.2, 0.25) is 0 Å². The molecular formula is C17H39NO5Si. The molecule has 1 atom stereocenters. The lowest BCUT2D eigenvalue weighted by Crippen LogP contribution is -2.40. The molecule has 7 heteroatoms. The fourth-order valence-electron chi connectivity index (χ4n) is 2.36. The first-order valence-electron chi connectivity index (χ1n) is 9.53. The van der Waals surface area contributed by atoms with E-state index in [1.165, 1.54) is 0 Å². The van der Waals surface area contributed by atoms with Gasteiger partial charge in [-0.15, -0.1) is 0 Å². The minimum Gasteiger partial charge on any atom is -0.397 e. The molecule has 0 aromatic heterocycles. The summed E-state index contributed by atoms with van der Waals surface area (Å²) < 4.78 is 29.1. The lowest BCUT2D eigenvalue weighted by Gasteiger charge is -2.32. The lowest BCUT2D eigenvalue weighted by molar-refractivity contribution is -0.380. The van der Waals surface area contributed by atoms with Gasteiger partial charge in [-0.1, -0.05) is 13.3 Å². The Labute approximate surface area is 150 Å². The molecule has 0 aromatic carbocycles. The predicted octanol–water partition coefficient (Wildman–Crippen LogP) is 2.93. The van der Waals surface area contributed by atoms with Crippen LogP contribution in [0.1, 0.15) is 59.8 Å². The molecule has 0 heterocycles. The predicted molar refractivity (Wildman–Crippen MR) is 99.3 cm³/mol. The van der Waals surface area contributed by atoms with Crippen molar-refractivity contribution in [1.29, 1.82) is 0 Å². The number of unbranched alkanes of at least 4 members (excludes halogenated alkanes) is 1. The fourth-order valence-corrected chi connectivity index (χ4v) is 4.22. The smallest absolute Gasteiger partial charge is 0.321 e. The number of nitrogens with two attached hydrogens (primary N) is 1. The van der Waals surface area contributed by atoms with Crippen LogP contribution in [0.5, 0.6) is 0 Å². The van der Waals surface area contributed by atoms with Crippen LogP contribution in [0.15, 0.2) is 0 Å². The van der Waals surface area contributed by atoms with E-state index in [4.69, 9.17) is 28.8 Å². The third kappa shape index (κ3) is 11.5. The van der Waals surface area contributed by atoms with Crippen molar-refractivity contribution in [3.05, 3.63) is 0 Å². The molecule has 0 aliphatic rings. The van der Waals surface area contributed by atoms with Gasteiger partial charge in [0, 0.05) is 39.5 Å². The van der Waals surface area contributed by atoms with Gasteiger partial charge < -0.3 is 28.8 Å². The zero-order chi connectivity index (χ0) is 18.1. The van der Waals surface area contributed by atoms with Crippen molar-refractivity contribution >= 4 is 9.28 Å². The third-order valence-electron chi connectivity index (χ3n) is 3.47. The van der Waals surface area contributed by atoms with Crippen LogP contribution in [0.2, 0.25) is 6.04 Å². The third-order valence-corrected chi connectivity index (χ3v) is 5.56. The molecule has 0 radical (unpaired) electrons. The second-order valence-electron chi connectivity index (χ2n) is 5.54. The fraction of sp³-hybridized carbons (Fsp3) is 1.00. The van der Waals surface area contributed by atoms with Gasteiger partial charge in [-0.05, 0) is 52.6 Å². The summed E-state index contributed by atoms with van der Waals surface area (Å²) in [6, 6.07) is 0.966. The van der Waals surface area contributed by atoms with Crippen molar-refractivity contribution in [2.75, 3.05) is 39.6 Å². The summed E-state index contributed by atoms with van der Waals surface area (Å²) in [5, 5.41) is 0. The average Bonchev–Trinajstić information content (AvgIpc) is 2.57. The molecular weight excluding hydrogens is 326 g/mol. The van der Waals surface area contributed by atoms with E-state index in [9.17, 15) is 0 Å². The van der Waals surface area contributed by atoms with Crippen LogP contribution in [0.4, 0.5) is 0 Å². The van der Waals surface area contributed by atoms with Crippen LogP contribution in [-0.4, -0.2) is 54.8 Å². The molecule has 146 valence electrons. The Bertz CT molecular complexity index is 254. The SMILES string of the molecule is CCCCO[SiH](CCCN)OCCCC(OCC)(OCC)OCC. The Morgan fingerprint density at radius 3 is 1.79 bits per heavy atom. The van der Waals surface area contributed by atoms with E-state index in [1.807, 2.05) is 20.8 Å². The van der Waals surface area contributed by atoms with Crippen molar-refractivity contribution in [2.24, 2.45) is 5.73 Å². The molecule has 6 nitrogen and oxygen atoms in total. The van der Waals surface area contributed by atoms with Crippen molar-refractivity contribution in [3.63, 3.8) is 0 Å². The molecule has 24 heavy (non-hydrogen) atoms. The van der Waals surface area contributed by atoms with Gasteiger partial charge in [0.05, 0.1) is 0 Å². The van der Waals surface area contributed by atoms with Crippen LogP contribution in [0.3, 0.4) is 0 Å². The zero-order valence-corrected chi connectivity index (χ0v) is 17.3. The normalized spacial score (nSPS) is 13.4. The molecule has 0 aliphatic heterocycles. The average molecular weight is 366 g/mol. The van der Waals surface area contributed by atoms with E-state index in [0.717, 1.165) is 38.3 Å². The maximum atomic E-state index is 6.02. The highest BCUT2D eigenvalue weighted by molar-refractivity contribution is 6.44. The molecule has 0 bridgehead atoms. The standard InChI is InChI=1S/C17H39NO5Si/c1-5-9-14-22-24(16-11-13-18)23-15-10-12-17(19-6-2,20-7-3)21-8-4/h24H,5-16,18H2,1-4H3. The van der Waals surface area contributed by atoms with Crippen LogP contribution in [-0.2, 0) is 23.1 Å². The number of hydrogen-bond donors (Lipinski definition) is 1. The molecule has 0 spiro atoms. The monoisotopic (exact) mass is 365 g/mol. The van der Waals surface area contributed by atoms with Gasteiger partial charge >= 0.3 is 9.28 Å². The van der Waals surface area contributed by atoms with Gasteiger partial charge in [0.25, 0.3) is 5.97 Å². The maximum Gasteiger partial charge on any atom is 0.321 e. The van der Waals surface area contributed by atoms with Gasteiger partial charge in [-0.2, -0.15) is 0 Å². The quantitative estimate of drug-likeness (QED) is 0.229. The van der Waals surface area contributed by atoms with E-state index in [2.05, 4.69) is 6.92 Å². The van der Waals surface area contributed by atoms with Gasteiger partial charge in [-0.3, -0.25) is 0 Å². The van der Waals surface area contributed by atoms with Crippen molar-refractivity contribution in [1.82, 2.24) is 0 Å². The van der Waals surface area contributed by atoms with E-state index in [1.54, 1.807) is 0 Å². The molecule has 0 saturated carbocycles. The van der Waals surface area contributed by atoms with Crippen LogP contribution in [0.25, 0.3) is 0 Å². The Kier molecular flexibility index (Phi) is 16.4. The van der Waals surface area contributed by atoms with Gasteiger partial charge in [0.1, 0.15) is 0 Å². The van der Waals surface area contributed by atoms with Crippen LogP contribution in [0, 0.1) is 0 Å². The number of rotatable bonds is 18. The molecule has 0 saturated heterocycles. The second kappa shape index (κ2) is 16.4. The van der Waals surface area contributed by atoms with Crippen LogP contribution >= 0.6 is 0 Å². The molecule has 0 rings (SSSR count). The minimum atomic E-state index is -1.62. The lowest BCUT2D eigenvalue weighted by atomic mass is 10.3. The summed E-state index contributed by atoms with van der Waals surface area (Å²) in [4.78, 5) is 0. The highest BCUT2D eigenvalue weighted by atomic mass is 28.3. The molecule has 0 fully saturated rings. The number of ether oxygens (including phenoxy) is 3. The molecule has 1 unspecified atom stereocenters. The van der Waals surface area contributed by atoms with E-state index in [0.29, 0.717) is 39.4 Å². The zero-order valence-electron chi connectivity index (χ0n) is 16.2. The molecule has 0 aromatic rings. The van der Waals surface area contributed by atoms with Crippen molar-refractivity contribution in [3.8, 4) is 0 Å². The topological polar surface area (TPSA) is 72.2 Å². The molecule has 2 N–H and O–H groups in total. The van der Waals surface area contributed by atoms with Gasteiger partial charge in [0.15, 0.2) is 0 Å². The van der Waals surface area contributed by atoms with E-state index in [-0.39, 0.29) is 0 Å². The Morgan fingerprint density at radius 2 is 1.33 bits per heavy atom. The van der Waals surface area contributed by atoms with Crippen molar-refractivity contribution in [2.45, 2.75) is 71.8 Å². The summed E-state index contributed by atoms with van der Waals surface area (Å²) in [6.45, 7) is 11.8. The highest BCUT2D eigenvalue weighted by Crippen LogP contribution is 2.22. The Hall–Kier alpha value is -0.0231. The van der Waals surface area contributed by atoms with Crippen LogP contribution < -0.4 is 5.73 Å². The summed E-state index contributed by atoms with van der Waals surface area (Å²) in [7, 11) is -1.62. The molecule has 0 aliphatic carbocycles. The summed E-state index contributed by atoms with van der Waals surface area (Å²) in [5.41, 5.74) is 5.61. The summed E-state index contributed by atoms with van der Waals surface area (Å²) in [6.07, 6.45) is 4.64. The van der Waals surface area contributed by atoms with Gasteiger partial charge in [-0.25, -0.2) is 0 Å². The van der Waals surface area contributed by atoms with E-state index >= 15 is 0 Å². The highest BCUT2D eigenvalue weighted by Gasteiger charge is 2.32. The first-order chi connectivity index (χ1) is 11.7. The summed E-state index contributed by atoms with van der Waals surface area (Å²) >= 11 is 0. The largest absolute Gasteiger partial charge is 0.397 e. The minimum absolute atomic E-state index is 0.550. The number of hydrogen-bond acceptors (Lipinski definition) is 6. The first-order valence-corrected chi connectivity index (χ1v) is 11.3. The first kappa shape index (κ1) is 24.0.